The van der Waals surface area contributed by atoms with Crippen molar-refractivity contribution in [2.24, 2.45) is 0 Å². The van der Waals surface area contributed by atoms with E-state index >= 15 is 0 Å². The molecule has 6 heteroatoms. The van der Waals surface area contributed by atoms with Crippen molar-refractivity contribution >= 4 is 11.8 Å². The molecule has 0 saturated carbocycles. The maximum absolute atomic E-state index is 13.0. The molecule has 1 heterocycles. The predicted octanol–water partition coefficient (Wildman–Crippen LogP) is 4.72. The number of ether oxygens (including phenoxy) is 1. The Bertz CT molecular complexity index is 1170. The molecule has 0 N–H and O–H groups in total. The van der Waals surface area contributed by atoms with Crippen LogP contribution in [0, 0.1) is 5.82 Å². The fourth-order valence-corrected chi connectivity index (χ4v) is 2.97. The molecule has 0 unspecified atom stereocenters. The maximum atomic E-state index is 13.0. The summed E-state index contributed by atoms with van der Waals surface area (Å²) in [4.78, 5) is 25.0. The largest absolute Gasteiger partial charge is 0.453 e. The number of nitrogens with zero attached hydrogens (tertiary/aromatic N) is 2. The average Bonchev–Trinajstić information content (AvgIpc) is 3.25. The molecule has 0 radical (unpaired) electrons. The highest BCUT2D eigenvalue weighted by Crippen LogP contribution is 2.22. The number of esters is 1. The minimum atomic E-state index is -0.677. The Morgan fingerprint density at radius 3 is 2.17 bits per heavy atom. The number of carbonyl (C=O) groups is 2. The number of para-hydroxylation sites is 1. The van der Waals surface area contributed by atoms with E-state index in [0.29, 0.717) is 11.4 Å². The molecule has 0 fully saturated rings. The van der Waals surface area contributed by atoms with Gasteiger partial charge in [-0.15, -0.1) is 0 Å². The summed E-state index contributed by atoms with van der Waals surface area (Å²) in [5.74, 6) is -1.54. The van der Waals surface area contributed by atoms with Crippen LogP contribution in [0.25, 0.3) is 16.9 Å². The molecule has 0 amide bonds. The van der Waals surface area contributed by atoms with Crippen LogP contribution in [0.4, 0.5) is 4.39 Å². The van der Waals surface area contributed by atoms with Crippen molar-refractivity contribution < 1.29 is 18.7 Å². The lowest BCUT2D eigenvalue weighted by Gasteiger charge is -2.07. The number of aromatic nitrogens is 2. The fraction of sp³-hybridized carbons (Fsp3) is 0.0417. The van der Waals surface area contributed by atoms with E-state index in [-0.39, 0.29) is 11.3 Å². The van der Waals surface area contributed by atoms with Crippen molar-refractivity contribution in [2.45, 2.75) is 0 Å². The number of carbonyl (C=O) groups excluding carboxylic acids is 2. The summed E-state index contributed by atoms with van der Waals surface area (Å²) >= 11 is 0. The second-order valence-corrected chi connectivity index (χ2v) is 6.53. The van der Waals surface area contributed by atoms with Crippen molar-refractivity contribution in [3.63, 3.8) is 0 Å². The second-order valence-electron chi connectivity index (χ2n) is 6.53. The molecule has 0 aliphatic carbocycles. The Morgan fingerprint density at radius 2 is 1.50 bits per heavy atom. The zero-order valence-corrected chi connectivity index (χ0v) is 15.9. The molecule has 0 aliphatic rings. The van der Waals surface area contributed by atoms with Gasteiger partial charge in [0.1, 0.15) is 5.82 Å². The van der Waals surface area contributed by atoms with Gasteiger partial charge in [-0.1, -0.05) is 48.5 Å². The lowest BCUT2D eigenvalue weighted by atomic mass is 10.1. The van der Waals surface area contributed by atoms with Gasteiger partial charge in [0.15, 0.2) is 18.1 Å². The fourth-order valence-electron chi connectivity index (χ4n) is 2.97. The standard InChI is InChI=1S/C24H17FN2O3/c25-19-13-11-18(12-14-19)23(28)16-30-24(29)22-15-21(17-7-3-1-4-8-17)26-27(22)20-9-5-2-6-10-20/h1-15H,16H2. The Hall–Kier alpha value is -4.06. The molecule has 4 aromatic rings. The summed E-state index contributed by atoms with van der Waals surface area (Å²) in [5.41, 5.74) is 2.62. The topological polar surface area (TPSA) is 61.2 Å². The van der Waals surface area contributed by atoms with E-state index in [0.717, 1.165) is 5.56 Å². The summed E-state index contributed by atoms with van der Waals surface area (Å²) in [7, 11) is 0. The Morgan fingerprint density at radius 1 is 0.867 bits per heavy atom. The van der Waals surface area contributed by atoms with Crippen LogP contribution in [0.1, 0.15) is 20.8 Å². The molecule has 148 valence electrons. The molecule has 0 atom stereocenters. The van der Waals surface area contributed by atoms with Gasteiger partial charge in [-0.05, 0) is 42.5 Å². The predicted molar refractivity (Wildman–Crippen MR) is 110 cm³/mol. The average molecular weight is 400 g/mol. The van der Waals surface area contributed by atoms with E-state index in [4.69, 9.17) is 4.74 Å². The van der Waals surface area contributed by atoms with E-state index in [1.54, 1.807) is 6.07 Å². The molecular weight excluding hydrogens is 383 g/mol. The molecule has 3 aromatic carbocycles. The van der Waals surface area contributed by atoms with Crippen LogP contribution in [0.3, 0.4) is 0 Å². The van der Waals surface area contributed by atoms with Gasteiger partial charge in [-0.25, -0.2) is 13.9 Å². The van der Waals surface area contributed by atoms with Crippen molar-refractivity contribution in [3.8, 4) is 16.9 Å². The van der Waals surface area contributed by atoms with Gasteiger partial charge in [0.25, 0.3) is 0 Å². The van der Waals surface area contributed by atoms with Gasteiger partial charge in [-0.2, -0.15) is 5.10 Å². The first-order valence-corrected chi connectivity index (χ1v) is 9.28. The Kier molecular flexibility index (Phi) is 5.48. The number of ketones is 1. The Balaban J connectivity index is 1.60. The number of halogens is 1. The number of hydrogen-bond acceptors (Lipinski definition) is 4. The van der Waals surface area contributed by atoms with Gasteiger partial charge in [0.05, 0.1) is 11.4 Å². The van der Waals surface area contributed by atoms with Crippen LogP contribution in [0.2, 0.25) is 0 Å². The number of benzene rings is 3. The zero-order valence-electron chi connectivity index (χ0n) is 15.9. The van der Waals surface area contributed by atoms with Gasteiger partial charge >= 0.3 is 5.97 Å². The van der Waals surface area contributed by atoms with Gasteiger partial charge < -0.3 is 4.74 Å². The van der Waals surface area contributed by atoms with E-state index in [2.05, 4.69) is 5.10 Å². The van der Waals surface area contributed by atoms with E-state index in [1.807, 2.05) is 60.7 Å². The molecule has 0 spiro atoms. The van der Waals surface area contributed by atoms with Crippen LogP contribution < -0.4 is 0 Å². The highest BCUT2D eigenvalue weighted by molar-refractivity contribution is 5.99. The van der Waals surface area contributed by atoms with Gasteiger partial charge in [0.2, 0.25) is 0 Å². The summed E-state index contributed by atoms with van der Waals surface area (Å²) in [6, 6.07) is 25.4. The molecular formula is C24H17FN2O3. The maximum Gasteiger partial charge on any atom is 0.357 e. The van der Waals surface area contributed by atoms with Crippen LogP contribution >= 0.6 is 0 Å². The molecule has 0 saturated heterocycles. The Labute approximate surface area is 172 Å². The van der Waals surface area contributed by atoms with E-state index in [9.17, 15) is 14.0 Å². The lowest BCUT2D eigenvalue weighted by Crippen LogP contribution is -2.17. The van der Waals surface area contributed by atoms with Crippen molar-refractivity contribution in [2.75, 3.05) is 6.61 Å². The summed E-state index contributed by atoms with van der Waals surface area (Å²) < 4.78 is 19.8. The normalized spacial score (nSPS) is 10.6. The highest BCUT2D eigenvalue weighted by Gasteiger charge is 2.20. The molecule has 4 rings (SSSR count). The third-order valence-corrected chi connectivity index (χ3v) is 4.49. The second kappa shape index (κ2) is 8.53. The summed E-state index contributed by atoms with van der Waals surface area (Å²) in [6.45, 7) is -0.453. The minimum Gasteiger partial charge on any atom is -0.453 e. The quantitative estimate of drug-likeness (QED) is 0.347. The van der Waals surface area contributed by atoms with Crippen molar-refractivity contribution in [3.05, 3.63) is 108 Å². The highest BCUT2D eigenvalue weighted by atomic mass is 19.1. The SMILES string of the molecule is O=C(COC(=O)c1cc(-c2ccccc2)nn1-c1ccccc1)c1ccc(F)cc1. The summed E-state index contributed by atoms with van der Waals surface area (Å²) in [6.07, 6.45) is 0. The van der Waals surface area contributed by atoms with Crippen LogP contribution in [0.15, 0.2) is 91.0 Å². The molecule has 30 heavy (non-hydrogen) atoms. The van der Waals surface area contributed by atoms with Crippen LogP contribution in [-0.4, -0.2) is 28.1 Å². The van der Waals surface area contributed by atoms with Crippen LogP contribution in [-0.2, 0) is 4.74 Å². The van der Waals surface area contributed by atoms with Crippen molar-refractivity contribution in [1.29, 1.82) is 0 Å². The molecule has 0 bridgehead atoms. The monoisotopic (exact) mass is 400 g/mol. The third kappa shape index (κ3) is 4.17. The van der Waals surface area contributed by atoms with Gasteiger partial charge in [-0.3, -0.25) is 4.79 Å². The first kappa shape index (κ1) is 19.3. The lowest BCUT2D eigenvalue weighted by molar-refractivity contribution is 0.0465. The summed E-state index contributed by atoms with van der Waals surface area (Å²) in [5, 5.41) is 4.56. The van der Waals surface area contributed by atoms with Gasteiger partial charge in [0, 0.05) is 11.1 Å². The zero-order chi connectivity index (χ0) is 20.9. The first-order valence-electron chi connectivity index (χ1n) is 9.28. The van der Waals surface area contributed by atoms with Crippen LogP contribution in [0.5, 0.6) is 0 Å². The molecule has 0 aliphatic heterocycles. The number of hydrogen-bond donors (Lipinski definition) is 0. The van der Waals surface area contributed by atoms with E-state index < -0.39 is 24.2 Å². The number of Topliss-reactive ketones (excluding diaryl/α,β-unsaturated/α-hetero) is 1. The van der Waals surface area contributed by atoms with Crippen molar-refractivity contribution in [1.82, 2.24) is 9.78 Å². The minimum absolute atomic E-state index is 0.201. The smallest absolute Gasteiger partial charge is 0.357 e. The third-order valence-electron chi connectivity index (χ3n) is 4.49. The molecule has 5 nitrogen and oxygen atoms in total. The first-order chi connectivity index (χ1) is 14.6. The van der Waals surface area contributed by atoms with E-state index in [1.165, 1.54) is 28.9 Å². The molecule has 1 aromatic heterocycles. The number of rotatable bonds is 6.